The van der Waals surface area contributed by atoms with Crippen molar-refractivity contribution in [1.82, 2.24) is 15.0 Å². The molecule has 2 aliphatic rings. The highest BCUT2D eigenvalue weighted by Gasteiger charge is 2.51. The molecule has 4 aromatic rings. The third-order valence-corrected chi connectivity index (χ3v) is 7.08. The van der Waals surface area contributed by atoms with Gasteiger partial charge in [-0.25, -0.2) is 13.8 Å². The van der Waals surface area contributed by atoms with Crippen molar-refractivity contribution >= 4 is 27.8 Å². The Morgan fingerprint density at radius 1 is 1.17 bits per heavy atom. The van der Waals surface area contributed by atoms with E-state index in [1.165, 1.54) is 12.4 Å². The Balaban J connectivity index is 1.48. The van der Waals surface area contributed by atoms with Gasteiger partial charge in [0.15, 0.2) is 11.9 Å². The molecule has 0 bridgehead atoms. The van der Waals surface area contributed by atoms with Crippen molar-refractivity contribution in [3.63, 3.8) is 0 Å². The van der Waals surface area contributed by atoms with Crippen molar-refractivity contribution in [1.29, 1.82) is 0 Å². The predicted octanol–water partition coefficient (Wildman–Crippen LogP) is 4.10. The summed E-state index contributed by atoms with van der Waals surface area (Å²) in [4.78, 5) is 24.9. The molecule has 1 aliphatic heterocycles. The summed E-state index contributed by atoms with van der Waals surface area (Å²) in [5.41, 5.74) is 7.12. The molecule has 10 heteroatoms. The number of nitrogens with zero attached hydrogens (tertiary/aromatic N) is 3. The van der Waals surface area contributed by atoms with Crippen LogP contribution in [0.2, 0.25) is 0 Å². The molecule has 1 aliphatic carbocycles. The van der Waals surface area contributed by atoms with Crippen molar-refractivity contribution in [2.45, 2.75) is 49.7 Å². The van der Waals surface area contributed by atoms with Crippen molar-refractivity contribution in [3.8, 4) is 11.5 Å². The summed E-state index contributed by atoms with van der Waals surface area (Å²) in [5, 5.41) is 10.8. The molecule has 180 valence electrons. The summed E-state index contributed by atoms with van der Waals surface area (Å²) in [5.74, 6) is -0.451. The molecule has 4 heterocycles. The maximum Gasteiger partial charge on any atom is 0.281 e. The lowest BCUT2D eigenvalue weighted by molar-refractivity contribution is -0.137. The number of halogens is 2. The SMILES string of the molecule is NC(=O)C1(c2cc3c(-c4nc5cc([C@H]6CCCO[C@H]6O)ccc5o4)cnc(C(F)F)c3cn2)CC1. The van der Waals surface area contributed by atoms with Crippen LogP contribution in [0.15, 0.2) is 41.1 Å². The highest BCUT2D eigenvalue weighted by atomic mass is 19.3. The summed E-state index contributed by atoms with van der Waals surface area (Å²) in [6.07, 6.45) is 1.70. The van der Waals surface area contributed by atoms with Gasteiger partial charge in [-0.05, 0) is 49.4 Å². The molecule has 0 radical (unpaired) electrons. The Morgan fingerprint density at radius 2 is 2.00 bits per heavy atom. The first-order valence-corrected chi connectivity index (χ1v) is 11.4. The van der Waals surface area contributed by atoms with Gasteiger partial charge in [0.25, 0.3) is 6.43 Å². The molecule has 3 aromatic heterocycles. The van der Waals surface area contributed by atoms with E-state index in [1.807, 2.05) is 12.1 Å². The predicted molar refractivity (Wildman–Crippen MR) is 122 cm³/mol. The monoisotopic (exact) mass is 480 g/mol. The van der Waals surface area contributed by atoms with Crippen molar-refractivity contribution < 1.29 is 27.8 Å². The number of oxazole rings is 1. The molecule has 6 rings (SSSR count). The van der Waals surface area contributed by atoms with Crippen LogP contribution in [-0.4, -0.2) is 38.9 Å². The zero-order valence-corrected chi connectivity index (χ0v) is 18.6. The molecule has 3 N–H and O–H groups in total. The van der Waals surface area contributed by atoms with Crippen molar-refractivity contribution in [2.24, 2.45) is 5.73 Å². The quantitative estimate of drug-likeness (QED) is 0.441. The first-order valence-electron chi connectivity index (χ1n) is 11.4. The molecule has 8 nitrogen and oxygen atoms in total. The zero-order chi connectivity index (χ0) is 24.3. The van der Waals surface area contributed by atoms with Gasteiger partial charge in [0.1, 0.15) is 11.2 Å². The molecule has 0 spiro atoms. The molecule has 1 saturated carbocycles. The minimum atomic E-state index is -2.81. The first kappa shape index (κ1) is 22.0. The lowest BCUT2D eigenvalue weighted by atomic mass is 9.92. The van der Waals surface area contributed by atoms with Gasteiger partial charge in [0.2, 0.25) is 11.8 Å². The highest BCUT2D eigenvalue weighted by molar-refractivity contribution is 5.98. The number of primary amides is 1. The van der Waals surface area contributed by atoms with Crippen LogP contribution in [-0.2, 0) is 14.9 Å². The number of carbonyl (C=O) groups excluding carboxylic acids is 1. The second-order valence-corrected chi connectivity index (χ2v) is 9.18. The van der Waals surface area contributed by atoms with Crippen LogP contribution in [0, 0.1) is 0 Å². The van der Waals surface area contributed by atoms with Crippen LogP contribution in [0.5, 0.6) is 0 Å². The molecule has 0 unspecified atom stereocenters. The van der Waals surface area contributed by atoms with E-state index in [0.717, 1.165) is 18.4 Å². The fraction of sp³-hybridized carbons (Fsp3) is 0.360. The Kier molecular flexibility index (Phi) is 5.05. The Labute approximate surface area is 198 Å². The van der Waals surface area contributed by atoms with E-state index in [9.17, 15) is 18.7 Å². The van der Waals surface area contributed by atoms with Gasteiger partial charge in [-0.15, -0.1) is 0 Å². The van der Waals surface area contributed by atoms with Crippen LogP contribution in [0.3, 0.4) is 0 Å². The third kappa shape index (κ3) is 3.55. The lowest BCUT2D eigenvalue weighted by Gasteiger charge is -2.27. The molecular weight excluding hydrogens is 458 g/mol. The summed E-state index contributed by atoms with van der Waals surface area (Å²) in [6.45, 7) is 0.524. The number of benzene rings is 1. The number of rotatable bonds is 5. The number of fused-ring (bicyclic) bond motifs is 2. The van der Waals surface area contributed by atoms with Crippen molar-refractivity contribution in [2.75, 3.05) is 6.61 Å². The van der Waals surface area contributed by atoms with E-state index in [1.54, 1.807) is 12.1 Å². The largest absolute Gasteiger partial charge is 0.436 e. The van der Waals surface area contributed by atoms with Crippen LogP contribution < -0.4 is 5.73 Å². The number of amides is 1. The smallest absolute Gasteiger partial charge is 0.281 e. The topological polar surface area (TPSA) is 124 Å². The third-order valence-electron chi connectivity index (χ3n) is 7.08. The number of hydrogen-bond donors (Lipinski definition) is 2. The summed E-state index contributed by atoms with van der Waals surface area (Å²) >= 11 is 0. The van der Waals surface area contributed by atoms with E-state index in [-0.39, 0.29) is 17.2 Å². The Morgan fingerprint density at radius 3 is 2.71 bits per heavy atom. The first-order chi connectivity index (χ1) is 16.9. The zero-order valence-electron chi connectivity index (χ0n) is 18.6. The minimum Gasteiger partial charge on any atom is -0.436 e. The van der Waals surface area contributed by atoms with Crippen LogP contribution in [0.1, 0.15) is 55.0 Å². The summed E-state index contributed by atoms with van der Waals surface area (Å²) < 4.78 is 38.7. The van der Waals surface area contributed by atoms with Crippen LogP contribution >= 0.6 is 0 Å². The molecule has 2 fully saturated rings. The van der Waals surface area contributed by atoms with Gasteiger partial charge in [-0.3, -0.25) is 14.8 Å². The maximum atomic E-state index is 13.7. The van der Waals surface area contributed by atoms with Gasteiger partial charge >= 0.3 is 0 Å². The average molecular weight is 480 g/mol. The molecule has 1 amide bonds. The van der Waals surface area contributed by atoms with Gasteiger partial charge < -0.3 is 20.0 Å². The highest BCUT2D eigenvalue weighted by Crippen LogP contribution is 2.48. The number of pyridine rings is 2. The van der Waals surface area contributed by atoms with Gasteiger partial charge in [-0.1, -0.05) is 6.07 Å². The number of alkyl halides is 2. The Bertz CT molecular complexity index is 1470. The second kappa shape index (κ2) is 8.03. The van der Waals surface area contributed by atoms with Gasteiger partial charge in [0, 0.05) is 35.7 Å². The fourth-order valence-electron chi connectivity index (χ4n) is 4.90. The van der Waals surface area contributed by atoms with Gasteiger partial charge in [-0.2, -0.15) is 0 Å². The van der Waals surface area contributed by atoms with E-state index in [4.69, 9.17) is 14.9 Å². The fourth-order valence-corrected chi connectivity index (χ4v) is 4.90. The van der Waals surface area contributed by atoms with E-state index >= 15 is 0 Å². The van der Waals surface area contributed by atoms with Gasteiger partial charge in [0.05, 0.1) is 16.7 Å². The summed E-state index contributed by atoms with van der Waals surface area (Å²) in [7, 11) is 0. The molecule has 35 heavy (non-hydrogen) atoms. The lowest BCUT2D eigenvalue weighted by Crippen LogP contribution is -2.29. The number of hydrogen-bond acceptors (Lipinski definition) is 7. The Hall–Kier alpha value is -3.50. The summed E-state index contributed by atoms with van der Waals surface area (Å²) in [6, 6.07) is 7.09. The second-order valence-electron chi connectivity index (χ2n) is 9.18. The van der Waals surface area contributed by atoms with E-state index in [0.29, 0.717) is 47.2 Å². The number of aliphatic hydroxyl groups is 1. The molecule has 1 saturated heterocycles. The molecule has 2 atom stereocenters. The molecular formula is C25H22F2N4O4. The standard InChI is InChI=1S/C25H22F2N4O4/c26-21(27)20-15-10-29-19(25(5-6-25)24(28)33)9-14(15)16(11-30-20)22-31-17-8-12(3-4-18(17)35-22)13-2-1-7-34-23(13)32/h3-4,8-11,13,21,23,32H,1-2,5-7H2,(H2,28,33)/t13-,23-/m1/s1. The number of nitrogens with two attached hydrogens (primary N) is 1. The number of aromatic nitrogens is 3. The van der Waals surface area contributed by atoms with Crippen LogP contribution in [0.4, 0.5) is 8.78 Å². The molecule has 1 aromatic carbocycles. The van der Waals surface area contributed by atoms with E-state index in [2.05, 4.69) is 15.0 Å². The van der Waals surface area contributed by atoms with Crippen molar-refractivity contribution in [3.05, 3.63) is 53.6 Å². The minimum absolute atomic E-state index is 0.159. The normalized spacial score (nSPS) is 21.6. The van der Waals surface area contributed by atoms with Crippen LogP contribution in [0.25, 0.3) is 33.3 Å². The number of aliphatic hydroxyl groups excluding tert-OH is 1. The number of carbonyl (C=O) groups is 1. The average Bonchev–Trinajstić information content (AvgIpc) is 3.56. The van der Waals surface area contributed by atoms with E-state index < -0.39 is 29.7 Å². The maximum absolute atomic E-state index is 13.7. The number of ether oxygens (including phenoxy) is 1.